The molecule has 1 heterocycles. The molecule has 0 aromatic carbocycles. The quantitative estimate of drug-likeness (QED) is 0.774. The van der Waals surface area contributed by atoms with E-state index < -0.39 is 0 Å². The third kappa shape index (κ3) is 5.04. The molecule has 0 bridgehead atoms. The highest BCUT2D eigenvalue weighted by atomic mass is 32.1. The zero-order valence-corrected chi connectivity index (χ0v) is 9.93. The van der Waals surface area contributed by atoms with Crippen LogP contribution in [0.5, 0.6) is 0 Å². The second-order valence-corrected chi connectivity index (χ2v) is 4.84. The number of rotatable bonds is 7. The molecular formula is C11H18N2OS. The maximum Gasteiger partial charge on any atom is 0.139 e. The molecule has 15 heavy (non-hydrogen) atoms. The Bertz CT molecular complexity index is 285. The Kier molecular flexibility index (Phi) is 5.50. The maximum atomic E-state index is 11.6. The number of thiazole rings is 1. The van der Waals surface area contributed by atoms with Gasteiger partial charge < -0.3 is 5.73 Å². The van der Waals surface area contributed by atoms with Crippen molar-refractivity contribution in [3.05, 3.63) is 16.6 Å². The number of nitrogens with two attached hydrogens (primary N) is 1. The number of nitrogens with zero attached hydrogens (tertiary/aromatic N) is 1. The van der Waals surface area contributed by atoms with Crippen molar-refractivity contribution < 1.29 is 4.79 Å². The molecule has 2 N–H and O–H groups in total. The van der Waals surface area contributed by atoms with Crippen molar-refractivity contribution in [2.24, 2.45) is 11.7 Å². The molecule has 1 aromatic rings. The van der Waals surface area contributed by atoms with E-state index in [1.807, 2.05) is 5.38 Å². The highest BCUT2D eigenvalue weighted by Crippen LogP contribution is 2.12. The molecule has 0 aliphatic rings. The summed E-state index contributed by atoms with van der Waals surface area (Å²) in [5.41, 5.74) is 5.45. The smallest absolute Gasteiger partial charge is 0.139 e. The third-order valence-electron chi connectivity index (χ3n) is 2.41. The SMILES string of the molecule is CC(CCN)CCC(=O)Cc1nccs1. The van der Waals surface area contributed by atoms with Crippen LogP contribution < -0.4 is 5.73 Å². The Labute approximate surface area is 94.7 Å². The molecule has 0 amide bonds. The van der Waals surface area contributed by atoms with Crippen LogP contribution in [0, 0.1) is 5.92 Å². The number of hydrogen-bond donors (Lipinski definition) is 1. The summed E-state index contributed by atoms with van der Waals surface area (Å²) in [5, 5.41) is 2.83. The van der Waals surface area contributed by atoms with E-state index in [-0.39, 0.29) is 5.78 Å². The van der Waals surface area contributed by atoms with Gasteiger partial charge in [-0.15, -0.1) is 11.3 Å². The lowest BCUT2D eigenvalue weighted by Gasteiger charge is -2.07. The molecular weight excluding hydrogens is 208 g/mol. The lowest BCUT2D eigenvalue weighted by Crippen LogP contribution is -2.09. The first-order chi connectivity index (χ1) is 7.22. The van der Waals surface area contributed by atoms with Crippen LogP contribution in [0.2, 0.25) is 0 Å². The van der Waals surface area contributed by atoms with Crippen LogP contribution in [0.4, 0.5) is 0 Å². The number of aromatic nitrogens is 1. The van der Waals surface area contributed by atoms with Crippen LogP contribution in [0.1, 0.15) is 31.2 Å². The molecule has 1 unspecified atom stereocenters. The van der Waals surface area contributed by atoms with Crippen molar-refractivity contribution in [3.63, 3.8) is 0 Å². The summed E-state index contributed by atoms with van der Waals surface area (Å²) >= 11 is 1.54. The summed E-state index contributed by atoms with van der Waals surface area (Å²) in [5.74, 6) is 0.837. The van der Waals surface area contributed by atoms with Crippen LogP contribution in [0.25, 0.3) is 0 Å². The van der Waals surface area contributed by atoms with E-state index in [4.69, 9.17) is 5.73 Å². The van der Waals surface area contributed by atoms with Crippen molar-refractivity contribution in [3.8, 4) is 0 Å². The van der Waals surface area contributed by atoms with Gasteiger partial charge in [0, 0.05) is 18.0 Å². The molecule has 1 aromatic heterocycles. The minimum Gasteiger partial charge on any atom is -0.330 e. The van der Waals surface area contributed by atoms with Crippen molar-refractivity contribution in [2.45, 2.75) is 32.6 Å². The topological polar surface area (TPSA) is 56.0 Å². The predicted octanol–water partition coefficient (Wildman–Crippen LogP) is 2.02. The second-order valence-electron chi connectivity index (χ2n) is 3.86. The lowest BCUT2D eigenvalue weighted by atomic mass is 9.99. The first-order valence-corrected chi connectivity index (χ1v) is 6.20. The molecule has 0 aliphatic heterocycles. The summed E-state index contributed by atoms with van der Waals surface area (Å²) in [6.07, 6.45) is 4.84. The van der Waals surface area contributed by atoms with Gasteiger partial charge >= 0.3 is 0 Å². The number of hydrogen-bond acceptors (Lipinski definition) is 4. The molecule has 0 saturated heterocycles. The Morgan fingerprint density at radius 3 is 3.00 bits per heavy atom. The highest BCUT2D eigenvalue weighted by Gasteiger charge is 2.08. The summed E-state index contributed by atoms with van der Waals surface area (Å²) in [4.78, 5) is 15.7. The Hall–Kier alpha value is -0.740. The number of carbonyl (C=O) groups excluding carboxylic acids is 1. The van der Waals surface area contributed by atoms with Gasteiger partial charge in [-0.2, -0.15) is 0 Å². The molecule has 4 heteroatoms. The number of ketones is 1. The van der Waals surface area contributed by atoms with Gasteiger partial charge in [-0.25, -0.2) is 4.98 Å². The van der Waals surface area contributed by atoms with E-state index in [1.165, 1.54) is 0 Å². The Morgan fingerprint density at radius 1 is 1.60 bits per heavy atom. The average molecular weight is 226 g/mol. The minimum absolute atomic E-state index is 0.286. The van der Waals surface area contributed by atoms with E-state index >= 15 is 0 Å². The summed E-state index contributed by atoms with van der Waals surface area (Å²) in [6, 6.07) is 0. The Morgan fingerprint density at radius 2 is 2.40 bits per heavy atom. The van der Waals surface area contributed by atoms with Gasteiger partial charge in [0.05, 0.1) is 11.4 Å². The molecule has 0 spiro atoms. The third-order valence-corrected chi connectivity index (χ3v) is 3.19. The molecule has 84 valence electrons. The fourth-order valence-corrected chi connectivity index (χ4v) is 2.08. The van der Waals surface area contributed by atoms with Crippen molar-refractivity contribution >= 4 is 17.1 Å². The second kappa shape index (κ2) is 6.69. The van der Waals surface area contributed by atoms with Crippen LogP contribution in [-0.4, -0.2) is 17.3 Å². The van der Waals surface area contributed by atoms with Gasteiger partial charge in [-0.1, -0.05) is 6.92 Å². The molecule has 0 radical (unpaired) electrons. The van der Waals surface area contributed by atoms with Gasteiger partial charge in [0.25, 0.3) is 0 Å². The highest BCUT2D eigenvalue weighted by molar-refractivity contribution is 7.09. The summed E-state index contributed by atoms with van der Waals surface area (Å²) in [6.45, 7) is 2.85. The van der Waals surface area contributed by atoms with E-state index in [2.05, 4.69) is 11.9 Å². The fourth-order valence-electron chi connectivity index (χ4n) is 1.43. The van der Waals surface area contributed by atoms with E-state index in [1.54, 1.807) is 17.5 Å². The summed E-state index contributed by atoms with van der Waals surface area (Å²) < 4.78 is 0. The average Bonchev–Trinajstić information content (AvgIpc) is 2.68. The van der Waals surface area contributed by atoms with Gasteiger partial charge in [0.15, 0.2) is 0 Å². The minimum atomic E-state index is 0.286. The van der Waals surface area contributed by atoms with E-state index in [9.17, 15) is 4.79 Å². The monoisotopic (exact) mass is 226 g/mol. The van der Waals surface area contributed by atoms with Crippen molar-refractivity contribution in [1.29, 1.82) is 0 Å². The zero-order chi connectivity index (χ0) is 11.1. The fraction of sp³-hybridized carbons (Fsp3) is 0.636. The van der Waals surface area contributed by atoms with Crippen LogP contribution in [-0.2, 0) is 11.2 Å². The first kappa shape index (κ1) is 12.3. The van der Waals surface area contributed by atoms with Crippen LogP contribution >= 0.6 is 11.3 Å². The van der Waals surface area contributed by atoms with E-state index in [0.717, 1.165) is 17.8 Å². The summed E-state index contributed by atoms with van der Waals surface area (Å²) in [7, 11) is 0. The molecule has 0 saturated carbocycles. The van der Waals surface area contributed by atoms with Gasteiger partial charge in [-0.05, 0) is 25.3 Å². The van der Waals surface area contributed by atoms with Crippen molar-refractivity contribution in [2.75, 3.05) is 6.54 Å². The van der Waals surface area contributed by atoms with Gasteiger partial charge in [-0.3, -0.25) is 4.79 Å². The maximum absolute atomic E-state index is 11.6. The standard InChI is InChI=1S/C11H18N2OS/c1-9(4-5-12)2-3-10(14)8-11-13-6-7-15-11/h6-7,9H,2-5,8,12H2,1H3. The largest absolute Gasteiger partial charge is 0.330 e. The van der Waals surface area contributed by atoms with Gasteiger partial charge in [0.2, 0.25) is 0 Å². The van der Waals surface area contributed by atoms with Crippen LogP contribution in [0.15, 0.2) is 11.6 Å². The molecule has 0 aliphatic carbocycles. The molecule has 0 fully saturated rings. The van der Waals surface area contributed by atoms with E-state index in [0.29, 0.717) is 25.3 Å². The molecule has 1 rings (SSSR count). The predicted molar refractivity (Wildman–Crippen MR) is 62.9 cm³/mol. The lowest BCUT2D eigenvalue weighted by molar-refractivity contribution is -0.118. The number of carbonyl (C=O) groups is 1. The van der Waals surface area contributed by atoms with Crippen LogP contribution in [0.3, 0.4) is 0 Å². The first-order valence-electron chi connectivity index (χ1n) is 5.32. The molecule has 1 atom stereocenters. The number of Topliss-reactive ketones (excluding diaryl/α,β-unsaturated/α-hetero) is 1. The van der Waals surface area contributed by atoms with Gasteiger partial charge in [0.1, 0.15) is 5.78 Å². The Balaban J connectivity index is 2.19. The van der Waals surface area contributed by atoms with Crippen molar-refractivity contribution in [1.82, 2.24) is 4.98 Å². The molecule has 3 nitrogen and oxygen atoms in total. The normalized spacial score (nSPS) is 12.7. The zero-order valence-electron chi connectivity index (χ0n) is 9.11.